The fourth-order valence-corrected chi connectivity index (χ4v) is 1.62. The minimum atomic E-state index is -0.258. The monoisotopic (exact) mass is 255 g/mol. The molecule has 4 nitrogen and oxygen atoms in total. The summed E-state index contributed by atoms with van der Waals surface area (Å²) in [5, 5.41) is 9.45. The number of nitrogens with zero attached hydrogens (tertiary/aromatic N) is 3. The Balaban J connectivity index is 3.15. The highest BCUT2D eigenvalue weighted by atomic mass is 79.9. The lowest BCUT2D eigenvalue weighted by Crippen LogP contribution is -2.05. The van der Waals surface area contributed by atoms with E-state index >= 15 is 0 Å². The molecular weight excluding hydrogens is 246 g/mol. The second kappa shape index (κ2) is 4.91. The number of rotatable bonds is 3. The third kappa shape index (κ3) is 2.02. The maximum absolute atomic E-state index is 8.89. The van der Waals surface area contributed by atoms with Crippen LogP contribution in [0.25, 0.3) is 0 Å². The van der Waals surface area contributed by atoms with Gasteiger partial charge in [-0.05, 0) is 6.92 Å². The molecule has 0 aromatic carbocycles. The number of aromatic nitrogens is 2. The molecule has 0 aliphatic carbocycles. The second-order valence-electron chi connectivity index (χ2n) is 2.73. The van der Waals surface area contributed by atoms with Crippen molar-refractivity contribution in [3.8, 4) is 11.9 Å². The van der Waals surface area contributed by atoms with Crippen LogP contribution in [0.5, 0.6) is 5.88 Å². The first-order chi connectivity index (χ1) is 6.74. The summed E-state index contributed by atoms with van der Waals surface area (Å²) in [5.74, 6) is 0.267. The molecule has 0 saturated carbocycles. The van der Waals surface area contributed by atoms with Gasteiger partial charge in [-0.2, -0.15) is 5.26 Å². The molecule has 74 valence electrons. The fraction of sp³-hybridized carbons (Fsp3) is 0.444. The van der Waals surface area contributed by atoms with E-state index in [0.29, 0.717) is 11.2 Å². The Morgan fingerprint density at radius 2 is 2.36 bits per heavy atom. The van der Waals surface area contributed by atoms with Crippen molar-refractivity contribution in [3.05, 3.63) is 17.6 Å². The van der Waals surface area contributed by atoms with Crippen molar-refractivity contribution in [2.45, 2.75) is 12.8 Å². The average Bonchev–Trinajstić information content (AvgIpc) is 2.22. The first-order valence-corrected chi connectivity index (χ1v) is 5.17. The van der Waals surface area contributed by atoms with Gasteiger partial charge in [-0.3, -0.25) is 0 Å². The minimum absolute atomic E-state index is 0.258. The summed E-state index contributed by atoms with van der Waals surface area (Å²) in [6.07, 6.45) is 1.41. The van der Waals surface area contributed by atoms with E-state index in [9.17, 15) is 0 Å². The van der Waals surface area contributed by atoms with Crippen LogP contribution in [-0.2, 0) is 0 Å². The van der Waals surface area contributed by atoms with Gasteiger partial charge in [0, 0.05) is 10.9 Å². The Bertz CT molecular complexity index is 362. The number of hydrogen-bond acceptors (Lipinski definition) is 4. The van der Waals surface area contributed by atoms with E-state index in [1.807, 2.05) is 6.92 Å². The number of methoxy groups -OCH3 is 1. The summed E-state index contributed by atoms with van der Waals surface area (Å²) in [4.78, 5) is 8.04. The van der Waals surface area contributed by atoms with E-state index in [-0.39, 0.29) is 5.92 Å². The SMILES string of the molecule is COc1ncnc(C(C#N)CBr)c1C. The highest BCUT2D eigenvalue weighted by molar-refractivity contribution is 9.09. The molecule has 1 aromatic heterocycles. The molecule has 0 fully saturated rings. The molecule has 0 aliphatic rings. The van der Waals surface area contributed by atoms with Crippen molar-refractivity contribution in [1.29, 1.82) is 5.26 Å². The zero-order chi connectivity index (χ0) is 10.6. The molecule has 1 aromatic rings. The lowest BCUT2D eigenvalue weighted by atomic mass is 10.1. The third-order valence-corrected chi connectivity index (χ3v) is 2.56. The maximum atomic E-state index is 8.89. The predicted molar refractivity (Wildman–Crippen MR) is 55.5 cm³/mol. The van der Waals surface area contributed by atoms with Crippen molar-refractivity contribution in [2.75, 3.05) is 12.4 Å². The van der Waals surface area contributed by atoms with Gasteiger partial charge in [0.1, 0.15) is 6.33 Å². The van der Waals surface area contributed by atoms with Crippen LogP contribution in [0.2, 0.25) is 0 Å². The van der Waals surface area contributed by atoms with Gasteiger partial charge in [0.15, 0.2) is 0 Å². The zero-order valence-corrected chi connectivity index (χ0v) is 9.58. The van der Waals surface area contributed by atoms with E-state index in [1.165, 1.54) is 6.33 Å². The van der Waals surface area contributed by atoms with Crippen LogP contribution in [-0.4, -0.2) is 22.4 Å². The van der Waals surface area contributed by atoms with E-state index < -0.39 is 0 Å². The quantitative estimate of drug-likeness (QED) is 0.773. The molecule has 0 N–H and O–H groups in total. The second-order valence-corrected chi connectivity index (χ2v) is 3.38. The molecule has 0 aliphatic heterocycles. The Morgan fingerprint density at radius 1 is 1.64 bits per heavy atom. The van der Waals surface area contributed by atoms with E-state index in [4.69, 9.17) is 10.00 Å². The van der Waals surface area contributed by atoms with Crippen LogP contribution in [0, 0.1) is 18.3 Å². The largest absolute Gasteiger partial charge is 0.481 e. The minimum Gasteiger partial charge on any atom is -0.481 e. The highest BCUT2D eigenvalue weighted by Crippen LogP contribution is 2.23. The highest BCUT2D eigenvalue weighted by Gasteiger charge is 2.16. The smallest absolute Gasteiger partial charge is 0.219 e. The molecule has 1 unspecified atom stereocenters. The van der Waals surface area contributed by atoms with Crippen molar-refractivity contribution in [3.63, 3.8) is 0 Å². The number of nitriles is 1. The Kier molecular flexibility index (Phi) is 3.84. The molecule has 0 radical (unpaired) electrons. The summed E-state index contributed by atoms with van der Waals surface area (Å²) >= 11 is 3.27. The van der Waals surface area contributed by atoms with Crippen molar-refractivity contribution >= 4 is 15.9 Å². The summed E-state index contributed by atoms with van der Waals surface area (Å²) in [6.45, 7) is 1.85. The third-order valence-electron chi connectivity index (χ3n) is 1.91. The molecule has 0 bridgehead atoms. The van der Waals surface area contributed by atoms with Gasteiger partial charge in [0.05, 0.1) is 24.8 Å². The van der Waals surface area contributed by atoms with Gasteiger partial charge in [-0.25, -0.2) is 9.97 Å². The summed E-state index contributed by atoms with van der Waals surface area (Å²) in [7, 11) is 1.55. The van der Waals surface area contributed by atoms with Crippen LogP contribution in [0.3, 0.4) is 0 Å². The van der Waals surface area contributed by atoms with E-state index in [1.54, 1.807) is 7.11 Å². The first-order valence-electron chi connectivity index (χ1n) is 4.05. The van der Waals surface area contributed by atoms with Gasteiger partial charge in [-0.15, -0.1) is 0 Å². The summed E-state index contributed by atoms with van der Waals surface area (Å²) in [5.41, 5.74) is 1.54. The van der Waals surface area contributed by atoms with Crippen LogP contribution in [0.1, 0.15) is 17.2 Å². The number of ether oxygens (including phenoxy) is 1. The lowest BCUT2D eigenvalue weighted by molar-refractivity contribution is 0.392. The predicted octanol–water partition coefficient (Wildman–Crippen LogP) is 1.80. The van der Waals surface area contributed by atoms with Crippen LogP contribution in [0.15, 0.2) is 6.33 Å². The van der Waals surface area contributed by atoms with Gasteiger partial charge >= 0.3 is 0 Å². The molecular formula is C9H10BrN3O. The van der Waals surface area contributed by atoms with E-state index in [2.05, 4.69) is 32.0 Å². The van der Waals surface area contributed by atoms with E-state index in [0.717, 1.165) is 11.3 Å². The maximum Gasteiger partial charge on any atom is 0.219 e. The fourth-order valence-electron chi connectivity index (χ4n) is 1.17. The molecule has 0 amide bonds. The standard InChI is InChI=1S/C9H10BrN3O/c1-6-8(7(3-10)4-11)12-5-13-9(6)14-2/h5,7H,3H2,1-2H3. The molecule has 1 atom stereocenters. The Labute approximate surface area is 91.1 Å². The topological polar surface area (TPSA) is 58.8 Å². The zero-order valence-electron chi connectivity index (χ0n) is 7.99. The molecule has 0 spiro atoms. The Morgan fingerprint density at radius 3 is 2.86 bits per heavy atom. The summed E-state index contributed by atoms with van der Waals surface area (Å²) < 4.78 is 5.05. The van der Waals surface area contributed by atoms with Gasteiger partial charge in [0.25, 0.3) is 0 Å². The first kappa shape index (κ1) is 10.9. The number of halogens is 1. The van der Waals surface area contributed by atoms with Crippen LogP contribution in [0.4, 0.5) is 0 Å². The van der Waals surface area contributed by atoms with Gasteiger partial charge in [-0.1, -0.05) is 15.9 Å². The molecule has 0 saturated heterocycles. The summed E-state index contributed by atoms with van der Waals surface area (Å²) in [6, 6.07) is 2.17. The van der Waals surface area contributed by atoms with Crippen molar-refractivity contribution < 1.29 is 4.74 Å². The van der Waals surface area contributed by atoms with Crippen LogP contribution >= 0.6 is 15.9 Å². The lowest BCUT2D eigenvalue weighted by Gasteiger charge is -2.10. The number of alkyl halides is 1. The van der Waals surface area contributed by atoms with Gasteiger partial charge < -0.3 is 4.74 Å². The van der Waals surface area contributed by atoms with Crippen molar-refractivity contribution in [1.82, 2.24) is 9.97 Å². The van der Waals surface area contributed by atoms with Crippen LogP contribution < -0.4 is 4.74 Å². The van der Waals surface area contributed by atoms with Gasteiger partial charge in [0.2, 0.25) is 5.88 Å². The average molecular weight is 256 g/mol. The normalized spacial score (nSPS) is 11.9. The molecule has 1 heterocycles. The molecule has 5 heteroatoms. The molecule has 14 heavy (non-hydrogen) atoms. The number of hydrogen-bond donors (Lipinski definition) is 0. The van der Waals surface area contributed by atoms with Crippen molar-refractivity contribution in [2.24, 2.45) is 0 Å². The molecule has 1 rings (SSSR count). The Hall–Kier alpha value is -1.15.